The molecule has 0 aromatic heterocycles. The van der Waals surface area contributed by atoms with Crippen LogP contribution in [-0.4, -0.2) is 18.5 Å². The van der Waals surface area contributed by atoms with Gasteiger partial charge in [0.2, 0.25) is 0 Å². The second-order valence-corrected chi connectivity index (χ2v) is 3.88. The number of nitrogens with one attached hydrogen (secondary N) is 1. The van der Waals surface area contributed by atoms with Crippen LogP contribution in [0.5, 0.6) is 0 Å². The minimum absolute atomic E-state index is 0.146. The molecule has 0 fully saturated rings. The maximum absolute atomic E-state index is 13.2. The Balaban J connectivity index is 2.58. The summed E-state index contributed by atoms with van der Waals surface area (Å²) in [6.07, 6.45) is 1.70. The van der Waals surface area contributed by atoms with Gasteiger partial charge < -0.3 is 11.1 Å². The number of halogens is 2. The topological polar surface area (TPSA) is 55.1 Å². The van der Waals surface area contributed by atoms with Crippen LogP contribution in [0.4, 0.5) is 8.78 Å². The van der Waals surface area contributed by atoms with Gasteiger partial charge in [-0.2, -0.15) is 0 Å². The lowest BCUT2D eigenvalue weighted by atomic mass is 10.1. The monoisotopic (exact) mass is 242 g/mol. The van der Waals surface area contributed by atoms with Crippen molar-refractivity contribution in [2.24, 2.45) is 5.73 Å². The average Bonchev–Trinajstić information content (AvgIpc) is 2.26. The summed E-state index contributed by atoms with van der Waals surface area (Å²) in [4.78, 5) is 11.6. The largest absolute Gasteiger partial charge is 0.350 e. The molecule has 0 saturated heterocycles. The van der Waals surface area contributed by atoms with E-state index in [-0.39, 0.29) is 18.2 Å². The molecule has 0 saturated carbocycles. The Morgan fingerprint density at radius 2 is 2.18 bits per heavy atom. The first kappa shape index (κ1) is 13.6. The van der Waals surface area contributed by atoms with Crippen molar-refractivity contribution < 1.29 is 13.6 Å². The van der Waals surface area contributed by atoms with Gasteiger partial charge in [-0.05, 0) is 18.6 Å². The highest BCUT2D eigenvalue weighted by Gasteiger charge is 2.12. The number of rotatable bonds is 5. The van der Waals surface area contributed by atoms with Gasteiger partial charge in [-0.3, -0.25) is 4.79 Å². The number of benzene rings is 1. The van der Waals surface area contributed by atoms with Crippen molar-refractivity contribution in [2.45, 2.75) is 25.8 Å². The smallest absolute Gasteiger partial charge is 0.254 e. The molecule has 1 unspecified atom stereocenters. The number of nitrogens with two attached hydrogens (primary N) is 1. The SMILES string of the molecule is CCCC(N)CNC(=O)c1ccc(F)cc1F. The molecule has 1 rings (SSSR count). The fraction of sp³-hybridized carbons (Fsp3) is 0.417. The zero-order chi connectivity index (χ0) is 12.8. The highest BCUT2D eigenvalue weighted by molar-refractivity contribution is 5.94. The molecule has 0 aliphatic rings. The molecule has 0 aliphatic heterocycles. The maximum atomic E-state index is 13.2. The Kier molecular flexibility index (Phi) is 5.03. The zero-order valence-electron chi connectivity index (χ0n) is 9.67. The van der Waals surface area contributed by atoms with Gasteiger partial charge in [-0.15, -0.1) is 0 Å². The number of carbonyl (C=O) groups is 1. The summed E-state index contributed by atoms with van der Waals surface area (Å²) in [5.41, 5.74) is 5.53. The molecular formula is C12H16F2N2O. The van der Waals surface area contributed by atoms with E-state index in [1.54, 1.807) is 0 Å². The van der Waals surface area contributed by atoms with Crippen LogP contribution in [0.3, 0.4) is 0 Å². The fourth-order valence-electron chi connectivity index (χ4n) is 1.47. The van der Waals surface area contributed by atoms with Crippen LogP contribution < -0.4 is 11.1 Å². The number of amides is 1. The van der Waals surface area contributed by atoms with E-state index in [0.717, 1.165) is 25.0 Å². The first-order valence-corrected chi connectivity index (χ1v) is 5.53. The third-order valence-corrected chi connectivity index (χ3v) is 2.36. The van der Waals surface area contributed by atoms with Gasteiger partial charge >= 0.3 is 0 Å². The van der Waals surface area contributed by atoms with Crippen LogP contribution in [0.2, 0.25) is 0 Å². The highest BCUT2D eigenvalue weighted by Crippen LogP contribution is 2.09. The third kappa shape index (κ3) is 4.11. The minimum Gasteiger partial charge on any atom is -0.350 e. The van der Waals surface area contributed by atoms with Gasteiger partial charge in [-0.1, -0.05) is 13.3 Å². The van der Waals surface area contributed by atoms with Gasteiger partial charge in [0, 0.05) is 18.7 Å². The van der Waals surface area contributed by atoms with Crippen LogP contribution >= 0.6 is 0 Å². The van der Waals surface area contributed by atoms with E-state index in [1.165, 1.54) is 0 Å². The molecule has 1 aromatic carbocycles. The summed E-state index contributed by atoms with van der Waals surface area (Å²) < 4.78 is 25.9. The molecule has 0 radical (unpaired) electrons. The first-order chi connectivity index (χ1) is 8.04. The van der Waals surface area contributed by atoms with Gasteiger partial charge in [0.25, 0.3) is 5.91 Å². The Morgan fingerprint density at radius 3 is 2.76 bits per heavy atom. The molecule has 3 nitrogen and oxygen atoms in total. The van der Waals surface area contributed by atoms with Crippen molar-refractivity contribution in [2.75, 3.05) is 6.54 Å². The highest BCUT2D eigenvalue weighted by atomic mass is 19.1. The lowest BCUT2D eigenvalue weighted by molar-refractivity contribution is 0.0946. The predicted octanol–water partition coefficient (Wildman–Crippen LogP) is 1.82. The molecule has 0 aliphatic carbocycles. The van der Waals surface area contributed by atoms with Crippen LogP contribution in [-0.2, 0) is 0 Å². The summed E-state index contributed by atoms with van der Waals surface area (Å²) in [5.74, 6) is -2.15. The fourth-order valence-corrected chi connectivity index (χ4v) is 1.47. The molecule has 17 heavy (non-hydrogen) atoms. The number of hydrogen-bond donors (Lipinski definition) is 2. The van der Waals surface area contributed by atoms with Crippen molar-refractivity contribution >= 4 is 5.91 Å². The van der Waals surface area contributed by atoms with Gasteiger partial charge in [0.1, 0.15) is 11.6 Å². The molecule has 1 aromatic rings. The first-order valence-electron chi connectivity index (χ1n) is 5.53. The standard InChI is InChI=1S/C12H16F2N2O/c1-2-3-9(15)7-16-12(17)10-5-4-8(13)6-11(10)14/h4-6,9H,2-3,7,15H2,1H3,(H,16,17). The van der Waals surface area contributed by atoms with Crippen LogP contribution in [0.15, 0.2) is 18.2 Å². The van der Waals surface area contributed by atoms with E-state index in [4.69, 9.17) is 5.73 Å². The van der Waals surface area contributed by atoms with Crippen LogP contribution in [0.25, 0.3) is 0 Å². The molecule has 0 bridgehead atoms. The predicted molar refractivity (Wildman–Crippen MR) is 61.6 cm³/mol. The summed E-state index contributed by atoms with van der Waals surface area (Å²) in [7, 11) is 0. The maximum Gasteiger partial charge on any atom is 0.254 e. The third-order valence-electron chi connectivity index (χ3n) is 2.36. The van der Waals surface area contributed by atoms with E-state index in [2.05, 4.69) is 5.32 Å². The van der Waals surface area contributed by atoms with E-state index in [0.29, 0.717) is 6.07 Å². The lowest BCUT2D eigenvalue weighted by Crippen LogP contribution is -2.37. The Bertz CT molecular complexity index is 396. The zero-order valence-corrected chi connectivity index (χ0v) is 9.67. The number of carbonyl (C=O) groups excluding carboxylic acids is 1. The van der Waals surface area contributed by atoms with E-state index in [9.17, 15) is 13.6 Å². The summed E-state index contributed by atoms with van der Waals surface area (Å²) in [6, 6.07) is 2.70. The van der Waals surface area contributed by atoms with Crippen LogP contribution in [0.1, 0.15) is 30.1 Å². The van der Waals surface area contributed by atoms with Crippen molar-refractivity contribution in [1.29, 1.82) is 0 Å². The van der Waals surface area contributed by atoms with E-state index >= 15 is 0 Å². The summed E-state index contributed by atoms with van der Waals surface area (Å²) >= 11 is 0. The minimum atomic E-state index is -0.869. The van der Waals surface area contributed by atoms with Crippen molar-refractivity contribution in [3.63, 3.8) is 0 Å². The summed E-state index contributed by atoms with van der Waals surface area (Å²) in [6.45, 7) is 2.27. The van der Waals surface area contributed by atoms with Crippen molar-refractivity contribution in [1.82, 2.24) is 5.32 Å². The van der Waals surface area contributed by atoms with E-state index < -0.39 is 17.5 Å². The van der Waals surface area contributed by atoms with Gasteiger partial charge in [0.05, 0.1) is 5.56 Å². The van der Waals surface area contributed by atoms with Gasteiger partial charge in [0.15, 0.2) is 0 Å². The quantitative estimate of drug-likeness (QED) is 0.827. The van der Waals surface area contributed by atoms with Crippen LogP contribution in [0, 0.1) is 11.6 Å². The molecule has 1 amide bonds. The normalized spacial score (nSPS) is 12.2. The molecule has 0 spiro atoms. The molecule has 94 valence electrons. The average molecular weight is 242 g/mol. The molecule has 1 atom stereocenters. The summed E-state index contributed by atoms with van der Waals surface area (Å²) in [5, 5.41) is 2.52. The van der Waals surface area contributed by atoms with Gasteiger partial charge in [-0.25, -0.2) is 8.78 Å². The second kappa shape index (κ2) is 6.30. The Hall–Kier alpha value is -1.49. The molecule has 3 N–H and O–H groups in total. The molecule has 0 heterocycles. The second-order valence-electron chi connectivity index (χ2n) is 3.88. The molecular weight excluding hydrogens is 226 g/mol. The van der Waals surface area contributed by atoms with Crippen molar-refractivity contribution in [3.05, 3.63) is 35.4 Å². The lowest BCUT2D eigenvalue weighted by Gasteiger charge is -2.11. The van der Waals surface area contributed by atoms with Crippen molar-refractivity contribution in [3.8, 4) is 0 Å². The Labute approximate surface area is 99.0 Å². The van der Waals surface area contributed by atoms with E-state index in [1.807, 2.05) is 6.92 Å². The number of hydrogen-bond acceptors (Lipinski definition) is 2. The Morgan fingerprint density at radius 1 is 1.47 bits per heavy atom. The molecule has 5 heteroatoms.